The van der Waals surface area contributed by atoms with Gasteiger partial charge in [0.05, 0.1) is 19.8 Å². The Morgan fingerprint density at radius 3 is 2.68 bits per heavy atom. The quantitative estimate of drug-likeness (QED) is 0.859. The molecule has 1 amide bonds. The lowest BCUT2D eigenvalue weighted by molar-refractivity contribution is -0.137. The predicted molar refractivity (Wildman–Crippen MR) is 89.7 cm³/mol. The fourth-order valence-corrected chi connectivity index (χ4v) is 2.98. The molecular weight excluding hydrogens is 320 g/mol. The average Bonchev–Trinajstić information content (AvgIpc) is 3.42. The van der Waals surface area contributed by atoms with E-state index in [2.05, 4.69) is 15.5 Å². The Morgan fingerprint density at radius 2 is 1.96 bits per heavy atom. The van der Waals surface area contributed by atoms with E-state index in [1.165, 1.54) is 0 Å². The SMILES string of the molecule is O=C([C@@H](NCc1nnc(C2CC2)o1)c1ccccc1)N1CCOCC1. The molecule has 0 bridgehead atoms. The second kappa shape index (κ2) is 7.33. The van der Waals surface area contributed by atoms with Crippen molar-refractivity contribution in [2.75, 3.05) is 26.3 Å². The molecule has 2 aromatic rings. The highest BCUT2D eigenvalue weighted by Gasteiger charge is 2.30. The number of morpholine rings is 1. The van der Waals surface area contributed by atoms with E-state index in [9.17, 15) is 4.79 Å². The van der Waals surface area contributed by atoms with Gasteiger partial charge in [-0.25, -0.2) is 0 Å². The van der Waals surface area contributed by atoms with Crippen LogP contribution in [0.25, 0.3) is 0 Å². The maximum absolute atomic E-state index is 13.0. The zero-order valence-electron chi connectivity index (χ0n) is 14.1. The van der Waals surface area contributed by atoms with E-state index in [1.807, 2.05) is 35.2 Å². The van der Waals surface area contributed by atoms with E-state index in [0.717, 1.165) is 18.4 Å². The van der Waals surface area contributed by atoms with Crippen molar-refractivity contribution in [1.82, 2.24) is 20.4 Å². The van der Waals surface area contributed by atoms with E-state index in [1.54, 1.807) is 0 Å². The van der Waals surface area contributed by atoms with Crippen molar-refractivity contribution in [1.29, 1.82) is 0 Å². The molecule has 1 atom stereocenters. The first kappa shape index (κ1) is 16.2. The summed E-state index contributed by atoms with van der Waals surface area (Å²) < 4.78 is 11.0. The summed E-state index contributed by atoms with van der Waals surface area (Å²) in [5.74, 6) is 1.72. The Kier molecular flexibility index (Phi) is 4.76. The van der Waals surface area contributed by atoms with Crippen molar-refractivity contribution in [3.05, 3.63) is 47.7 Å². The van der Waals surface area contributed by atoms with Gasteiger partial charge in [-0.05, 0) is 18.4 Å². The number of rotatable bonds is 6. The number of carbonyl (C=O) groups is 1. The molecule has 0 unspecified atom stereocenters. The number of ether oxygens (including phenoxy) is 1. The highest BCUT2D eigenvalue weighted by atomic mass is 16.5. The summed E-state index contributed by atoms with van der Waals surface area (Å²) in [6.07, 6.45) is 2.24. The van der Waals surface area contributed by atoms with Crippen LogP contribution in [0.3, 0.4) is 0 Å². The highest BCUT2D eigenvalue weighted by molar-refractivity contribution is 5.83. The van der Waals surface area contributed by atoms with Crippen molar-refractivity contribution in [2.24, 2.45) is 0 Å². The smallest absolute Gasteiger partial charge is 0.244 e. The largest absolute Gasteiger partial charge is 0.424 e. The summed E-state index contributed by atoms with van der Waals surface area (Å²) in [7, 11) is 0. The Balaban J connectivity index is 1.47. The zero-order chi connectivity index (χ0) is 17.1. The van der Waals surface area contributed by atoms with Crippen LogP contribution in [-0.4, -0.2) is 47.3 Å². The lowest BCUT2D eigenvalue weighted by Gasteiger charge is -2.30. The summed E-state index contributed by atoms with van der Waals surface area (Å²) in [4.78, 5) is 14.8. The first-order valence-corrected chi connectivity index (χ1v) is 8.78. The van der Waals surface area contributed by atoms with Crippen LogP contribution in [0.2, 0.25) is 0 Å². The third-order valence-electron chi connectivity index (χ3n) is 4.57. The second-order valence-electron chi connectivity index (χ2n) is 6.47. The fourth-order valence-electron chi connectivity index (χ4n) is 2.98. The summed E-state index contributed by atoms with van der Waals surface area (Å²) in [6, 6.07) is 9.30. The first-order valence-electron chi connectivity index (χ1n) is 8.78. The molecular formula is C18H22N4O3. The molecule has 1 N–H and O–H groups in total. The molecule has 0 spiro atoms. The average molecular weight is 342 g/mol. The first-order chi connectivity index (χ1) is 12.3. The number of nitrogens with one attached hydrogen (secondary N) is 1. The molecule has 2 heterocycles. The third-order valence-corrected chi connectivity index (χ3v) is 4.57. The standard InChI is InChI=1S/C18H22N4O3/c23-18(22-8-10-24-11-9-22)16(13-4-2-1-3-5-13)19-12-15-20-21-17(25-15)14-6-7-14/h1-5,14,16,19H,6-12H2/t16-/m0/s1. The van der Waals surface area contributed by atoms with Gasteiger partial charge in [0.2, 0.25) is 17.7 Å². The van der Waals surface area contributed by atoms with Crippen LogP contribution >= 0.6 is 0 Å². The molecule has 132 valence electrons. The molecule has 1 aliphatic heterocycles. The van der Waals surface area contributed by atoms with Crippen LogP contribution in [0.4, 0.5) is 0 Å². The maximum Gasteiger partial charge on any atom is 0.244 e. The van der Waals surface area contributed by atoms with Gasteiger partial charge >= 0.3 is 0 Å². The summed E-state index contributed by atoms with van der Waals surface area (Å²) in [5.41, 5.74) is 0.931. The van der Waals surface area contributed by atoms with Crippen molar-refractivity contribution < 1.29 is 13.9 Å². The van der Waals surface area contributed by atoms with Crippen molar-refractivity contribution in [3.8, 4) is 0 Å². The minimum atomic E-state index is -0.435. The summed E-state index contributed by atoms with van der Waals surface area (Å²) >= 11 is 0. The van der Waals surface area contributed by atoms with Crippen LogP contribution < -0.4 is 5.32 Å². The molecule has 1 aromatic carbocycles. The predicted octanol–water partition coefficient (Wildman–Crippen LogP) is 1.64. The normalized spacial score (nSPS) is 19.0. The number of hydrogen-bond donors (Lipinski definition) is 1. The summed E-state index contributed by atoms with van der Waals surface area (Å²) in [5, 5.41) is 11.5. The van der Waals surface area contributed by atoms with Crippen molar-refractivity contribution in [2.45, 2.75) is 31.3 Å². The van der Waals surface area contributed by atoms with Crippen LogP contribution in [0, 0.1) is 0 Å². The van der Waals surface area contributed by atoms with E-state index in [0.29, 0.717) is 50.5 Å². The molecule has 7 nitrogen and oxygen atoms in total. The third kappa shape index (κ3) is 3.88. The highest BCUT2D eigenvalue weighted by Crippen LogP contribution is 2.39. The molecule has 2 aliphatic rings. The number of amides is 1. The molecule has 0 radical (unpaired) electrons. The van der Waals surface area contributed by atoms with Gasteiger partial charge in [-0.1, -0.05) is 30.3 Å². The molecule has 2 fully saturated rings. The number of aromatic nitrogens is 2. The minimum absolute atomic E-state index is 0.0523. The molecule has 4 rings (SSSR count). The van der Waals surface area contributed by atoms with Crippen molar-refractivity contribution in [3.63, 3.8) is 0 Å². The van der Waals surface area contributed by atoms with Gasteiger partial charge in [0, 0.05) is 19.0 Å². The van der Waals surface area contributed by atoms with Crippen LogP contribution in [0.1, 0.15) is 42.1 Å². The van der Waals surface area contributed by atoms with Gasteiger partial charge < -0.3 is 14.1 Å². The molecule has 7 heteroatoms. The van der Waals surface area contributed by atoms with Gasteiger partial charge in [-0.3, -0.25) is 10.1 Å². The van der Waals surface area contributed by atoms with E-state index >= 15 is 0 Å². The van der Waals surface area contributed by atoms with Crippen LogP contribution in [-0.2, 0) is 16.1 Å². The van der Waals surface area contributed by atoms with E-state index in [4.69, 9.17) is 9.15 Å². The van der Waals surface area contributed by atoms with Gasteiger partial charge in [0.25, 0.3) is 0 Å². The summed E-state index contributed by atoms with van der Waals surface area (Å²) in [6.45, 7) is 2.78. The molecule has 1 aromatic heterocycles. The Hall–Kier alpha value is -2.25. The van der Waals surface area contributed by atoms with Crippen LogP contribution in [0.15, 0.2) is 34.7 Å². The van der Waals surface area contributed by atoms with Gasteiger partial charge in [-0.2, -0.15) is 0 Å². The monoisotopic (exact) mass is 342 g/mol. The zero-order valence-corrected chi connectivity index (χ0v) is 14.1. The number of hydrogen-bond acceptors (Lipinski definition) is 6. The topological polar surface area (TPSA) is 80.5 Å². The Bertz CT molecular complexity index is 708. The van der Waals surface area contributed by atoms with Gasteiger partial charge in [-0.15, -0.1) is 10.2 Å². The number of nitrogens with zero attached hydrogens (tertiary/aromatic N) is 3. The number of carbonyl (C=O) groups excluding carboxylic acids is 1. The maximum atomic E-state index is 13.0. The Labute approximate surface area is 146 Å². The molecule has 1 saturated carbocycles. The van der Waals surface area contributed by atoms with Crippen molar-refractivity contribution >= 4 is 5.91 Å². The number of benzene rings is 1. The van der Waals surface area contributed by atoms with E-state index in [-0.39, 0.29) is 5.91 Å². The lowest BCUT2D eigenvalue weighted by atomic mass is 10.1. The Morgan fingerprint density at radius 1 is 1.20 bits per heavy atom. The minimum Gasteiger partial charge on any atom is -0.424 e. The second-order valence-corrected chi connectivity index (χ2v) is 6.47. The van der Waals surface area contributed by atoms with Crippen LogP contribution in [0.5, 0.6) is 0 Å². The molecule has 1 aliphatic carbocycles. The molecule has 1 saturated heterocycles. The lowest BCUT2D eigenvalue weighted by Crippen LogP contribution is -2.46. The fraction of sp³-hybridized carbons (Fsp3) is 0.500. The van der Waals surface area contributed by atoms with E-state index < -0.39 is 6.04 Å². The molecule has 25 heavy (non-hydrogen) atoms. The van der Waals surface area contributed by atoms with Gasteiger partial charge in [0.1, 0.15) is 6.04 Å². The van der Waals surface area contributed by atoms with Gasteiger partial charge in [0.15, 0.2) is 0 Å².